The summed E-state index contributed by atoms with van der Waals surface area (Å²) < 4.78 is 2.32. The fraction of sp³-hybridized carbons (Fsp3) is 0. The van der Waals surface area contributed by atoms with Crippen LogP contribution in [0.1, 0.15) is 0 Å². The van der Waals surface area contributed by atoms with Crippen LogP contribution in [-0.4, -0.2) is 9.38 Å². The summed E-state index contributed by atoms with van der Waals surface area (Å²) in [6.45, 7) is 0. The van der Waals surface area contributed by atoms with E-state index in [-0.39, 0.29) is 0 Å². The van der Waals surface area contributed by atoms with E-state index < -0.39 is 0 Å². The molecule has 0 saturated heterocycles. The highest BCUT2D eigenvalue weighted by atomic mass is 15.0. The molecule has 0 aliphatic carbocycles. The molecule has 0 aliphatic rings. The first-order valence-corrected chi connectivity index (χ1v) is 11.9. The zero-order chi connectivity index (χ0) is 23.2. The van der Waals surface area contributed by atoms with Crippen LogP contribution in [0, 0.1) is 0 Å². The summed E-state index contributed by atoms with van der Waals surface area (Å²) in [6, 6.07) is 47.4. The molecular formula is C33H22N2. The Morgan fingerprint density at radius 2 is 1.03 bits per heavy atom. The number of para-hydroxylation sites is 2. The van der Waals surface area contributed by atoms with Gasteiger partial charge in [0.25, 0.3) is 0 Å². The molecule has 7 rings (SSSR count). The minimum Gasteiger partial charge on any atom is -0.292 e. The van der Waals surface area contributed by atoms with Crippen LogP contribution in [-0.2, 0) is 0 Å². The molecule has 2 heterocycles. The van der Waals surface area contributed by atoms with Crippen LogP contribution in [0.2, 0.25) is 0 Å². The summed E-state index contributed by atoms with van der Waals surface area (Å²) in [5.74, 6) is 0. The van der Waals surface area contributed by atoms with E-state index in [1.807, 2.05) is 0 Å². The van der Waals surface area contributed by atoms with E-state index in [4.69, 9.17) is 4.98 Å². The summed E-state index contributed by atoms with van der Waals surface area (Å²) in [5, 5.41) is 2.35. The van der Waals surface area contributed by atoms with Gasteiger partial charge in [-0.15, -0.1) is 0 Å². The van der Waals surface area contributed by atoms with E-state index in [9.17, 15) is 0 Å². The second-order valence-corrected chi connectivity index (χ2v) is 8.91. The van der Waals surface area contributed by atoms with E-state index in [1.54, 1.807) is 0 Å². The monoisotopic (exact) mass is 446 g/mol. The molecule has 2 heteroatoms. The number of benzene rings is 5. The third kappa shape index (κ3) is 3.31. The molecule has 2 nitrogen and oxygen atoms in total. The van der Waals surface area contributed by atoms with Gasteiger partial charge in [-0.3, -0.25) is 4.40 Å². The van der Waals surface area contributed by atoms with Gasteiger partial charge >= 0.3 is 0 Å². The Morgan fingerprint density at radius 3 is 1.74 bits per heavy atom. The van der Waals surface area contributed by atoms with E-state index in [2.05, 4.69) is 138 Å². The fourth-order valence-electron chi connectivity index (χ4n) is 5.07. The lowest BCUT2D eigenvalue weighted by Gasteiger charge is -2.14. The maximum Gasteiger partial charge on any atom is 0.146 e. The van der Waals surface area contributed by atoms with Gasteiger partial charge in [-0.1, -0.05) is 97.1 Å². The van der Waals surface area contributed by atoms with Gasteiger partial charge in [0.2, 0.25) is 0 Å². The molecule has 35 heavy (non-hydrogen) atoms. The molecule has 0 radical (unpaired) electrons. The van der Waals surface area contributed by atoms with Crippen LogP contribution in [0.15, 0.2) is 133 Å². The van der Waals surface area contributed by atoms with Gasteiger partial charge in [0.15, 0.2) is 0 Å². The molecule has 0 saturated carbocycles. The summed E-state index contributed by atoms with van der Waals surface area (Å²) in [4.78, 5) is 5.05. The number of pyridine rings is 1. The van der Waals surface area contributed by atoms with Crippen molar-refractivity contribution in [2.75, 3.05) is 0 Å². The summed E-state index contributed by atoms with van der Waals surface area (Å²) in [6.07, 6.45) is 0. The lowest BCUT2D eigenvalue weighted by molar-refractivity contribution is 1.25. The number of hydrogen-bond acceptors (Lipinski definition) is 1. The van der Waals surface area contributed by atoms with Crippen molar-refractivity contribution >= 4 is 27.5 Å². The van der Waals surface area contributed by atoms with E-state index >= 15 is 0 Å². The Balaban J connectivity index is 1.60. The molecule has 2 aromatic heterocycles. The lowest BCUT2D eigenvalue weighted by Crippen LogP contribution is -1.95. The standard InChI is InChI=1S/C33H22N2/c1-3-11-23(12-4-1)26-19-27(24-13-5-2-6-14-24)21-28(20-26)32-22-25-15-7-8-16-29(25)33-34-30-17-9-10-18-31(30)35(32)33/h1-22H. The normalized spacial score (nSPS) is 11.4. The van der Waals surface area contributed by atoms with Crippen LogP contribution >= 0.6 is 0 Å². The Kier molecular flexibility index (Phi) is 4.49. The first kappa shape index (κ1) is 19.7. The predicted octanol–water partition coefficient (Wildman–Crippen LogP) is 8.64. The van der Waals surface area contributed by atoms with Crippen molar-refractivity contribution in [1.82, 2.24) is 9.38 Å². The first-order valence-electron chi connectivity index (χ1n) is 11.9. The maximum atomic E-state index is 5.05. The number of rotatable bonds is 3. The van der Waals surface area contributed by atoms with Gasteiger partial charge in [-0.2, -0.15) is 0 Å². The van der Waals surface area contributed by atoms with Crippen molar-refractivity contribution in [3.8, 4) is 33.5 Å². The van der Waals surface area contributed by atoms with Crippen molar-refractivity contribution in [3.05, 3.63) is 133 Å². The second kappa shape index (κ2) is 7.96. The van der Waals surface area contributed by atoms with Gasteiger partial charge in [-0.25, -0.2) is 4.98 Å². The van der Waals surface area contributed by atoms with E-state index in [1.165, 1.54) is 33.2 Å². The number of fused-ring (bicyclic) bond motifs is 5. The zero-order valence-corrected chi connectivity index (χ0v) is 19.1. The van der Waals surface area contributed by atoms with Crippen LogP contribution < -0.4 is 0 Å². The predicted molar refractivity (Wildman–Crippen MR) is 147 cm³/mol. The molecule has 0 unspecified atom stereocenters. The van der Waals surface area contributed by atoms with Crippen molar-refractivity contribution in [3.63, 3.8) is 0 Å². The quantitative estimate of drug-likeness (QED) is 0.265. The highest BCUT2D eigenvalue weighted by Gasteiger charge is 2.15. The Labute approximate surface area is 203 Å². The highest BCUT2D eigenvalue weighted by Crippen LogP contribution is 2.36. The lowest BCUT2D eigenvalue weighted by atomic mass is 9.94. The molecule has 164 valence electrons. The largest absolute Gasteiger partial charge is 0.292 e. The Bertz CT molecular complexity index is 1770. The molecular weight excluding hydrogens is 424 g/mol. The van der Waals surface area contributed by atoms with Gasteiger partial charge in [0, 0.05) is 5.39 Å². The molecule has 7 aromatic rings. The summed E-state index contributed by atoms with van der Waals surface area (Å²) in [5.41, 5.74) is 10.2. The highest BCUT2D eigenvalue weighted by molar-refractivity contribution is 6.01. The maximum absolute atomic E-state index is 5.05. The minimum absolute atomic E-state index is 0.991. The molecule has 5 aromatic carbocycles. The van der Waals surface area contributed by atoms with Crippen LogP contribution in [0.3, 0.4) is 0 Å². The van der Waals surface area contributed by atoms with Crippen molar-refractivity contribution in [2.24, 2.45) is 0 Å². The van der Waals surface area contributed by atoms with Gasteiger partial charge in [-0.05, 0) is 69.6 Å². The van der Waals surface area contributed by atoms with Crippen LogP contribution in [0.4, 0.5) is 0 Å². The Hall–Kier alpha value is -4.69. The van der Waals surface area contributed by atoms with Crippen molar-refractivity contribution < 1.29 is 0 Å². The minimum atomic E-state index is 0.991. The fourth-order valence-corrected chi connectivity index (χ4v) is 5.07. The Morgan fingerprint density at radius 1 is 0.457 bits per heavy atom. The molecule has 0 atom stereocenters. The van der Waals surface area contributed by atoms with E-state index in [0.717, 1.165) is 27.8 Å². The van der Waals surface area contributed by atoms with Gasteiger partial charge in [0.1, 0.15) is 5.65 Å². The van der Waals surface area contributed by atoms with Crippen LogP contribution in [0.25, 0.3) is 61.0 Å². The third-order valence-corrected chi connectivity index (χ3v) is 6.74. The molecule has 0 aliphatic heterocycles. The SMILES string of the molecule is c1ccc(-c2cc(-c3ccccc3)cc(-c3cc4ccccc4c4nc5ccccc5n34)c2)cc1. The average molecular weight is 447 g/mol. The smallest absolute Gasteiger partial charge is 0.146 e. The molecule has 0 spiro atoms. The first-order chi connectivity index (χ1) is 17.3. The van der Waals surface area contributed by atoms with Gasteiger partial charge in [0.05, 0.1) is 16.7 Å². The van der Waals surface area contributed by atoms with Crippen LogP contribution in [0.5, 0.6) is 0 Å². The number of hydrogen-bond donors (Lipinski definition) is 0. The average Bonchev–Trinajstić information content (AvgIpc) is 3.33. The number of nitrogens with zero attached hydrogens (tertiary/aromatic N) is 2. The molecule has 0 fully saturated rings. The summed E-state index contributed by atoms with van der Waals surface area (Å²) >= 11 is 0. The zero-order valence-electron chi connectivity index (χ0n) is 19.1. The number of imidazole rings is 1. The van der Waals surface area contributed by atoms with Gasteiger partial charge < -0.3 is 0 Å². The van der Waals surface area contributed by atoms with Crippen molar-refractivity contribution in [2.45, 2.75) is 0 Å². The molecule has 0 N–H and O–H groups in total. The van der Waals surface area contributed by atoms with E-state index in [0.29, 0.717) is 0 Å². The number of aromatic nitrogens is 2. The summed E-state index contributed by atoms with van der Waals surface area (Å²) in [7, 11) is 0. The molecule has 0 bridgehead atoms. The van der Waals surface area contributed by atoms with Crippen molar-refractivity contribution in [1.29, 1.82) is 0 Å². The third-order valence-electron chi connectivity index (χ3n) is 6.74. The topological polar surface area (TPSA) is 17.3 Å². The second-order valence-electron chi connectivity index (χ2n) is 8.91. The molecule has 0 amide bonds.